The molecule has 1 unspecified atom stereocenters. The summed E-state index contributed by atoms with van der Waals surface area (Å²) in [5.74, 6) is 0.0837. The number of halogens is 1. The molecule has 0 amide bonds. The van der Waals surface area contributed by atoms with E-state index in [1.807, 2.05) is 54.6 Å². The van der Waals surface area contributed by atoms with Gasteiger partial charge in [-0.25, -0.2) is 0 Å². The molecule has 5 rings (SSSR count). The highest BCUT2D eigenvalue weighted by Gasteiger charge is 2.52. The van der Waals surface area contributed by atoms with Crippen molar-refractivity contribution in [3.8, 4) is 0 Å². The highest BCUT2D eigenvalue weighted by molar-refractivity contribution is 6.31. The third-order valence-electron chi connectivity index (χ3n) is 5.75. The second kappa shape index (κ2) is 5.80. The summed E-state index contributed by atoms with van der Waals surface area (Å²) in [6, 6.07) is 24.3. The van der Waals surface area contributed by atoms with E-state index >= 15 is 0 Å². The Balaban J connectivity index is 1.96. The largest absolute Gasteiger partial charge is 0.293 e. The first-order valence-electron chi connectivity index (χ1n) is 9.03. The van der Waals surface area contributed by atoms with Crippen molar-refractivity contribution in [2.24, 2.45) is 0 Å². The molecular weight excluding hydrogens is 352 g/mol. The number of benzene rings is 3. The summed E-state index contributed by atoms with van der Waals surface area (Å²) in [6.07, 6.45) is 3.64. The van der Waals surface area contributed by atoms with Crippen LogP contribution < -0.4 is 0 Å². The maximum Gasteiger partial charge on any atom is 0.175 e. The van der Waals surface area contributed by atoms with Crippen LogP contribution in [0.3, 0.4) is 0 Å². The van der Waals surface area contributed by atoms with E-state index in [9.17, 15) is 4.79 Å². The van der Waals surface area contributed by atoms with E-state index in [-0.39, 0.29) is 5.78 Å². The Bertz CT molecular complexity index is 1150. The van der Waals surface area contributed by atoms with Crippen molar-refractivity contribution >= 4 is 34.6 Å². The van der Waals surface area contributed by atoms with Gasteiger partial charge in [0.15, 0.2) is 5.78 Å². The molecule has 0 saturated carbocycles. The van der Waals surface area contributed by atoms with E-state index in [1.165, 1.54) is 0 Å². The Labute approximate surface area is 163 Å². The lowest BCUT2D eigenvalue weighted by Gasteiger charge is -2.36. The second-order valence-electron chi connectivity index (χ2n) is 7.09. The first-order chi connectivity index (χ1) is 13.1. The van der Waals surface area contributed by atoms with Crippen LogP contribution in [0.1, 0.15) is 34.7 Å². The van der Waals surface area contributed by atoms with Gasteiger partial charge >= 0.3 is 0 Å². The first kappa shape index (κ1) is 16.3. The summed E-state index contributed by atoms with van der Waals surface area (Å²) in [7, 11) is 0. The zero-order valence-electron chi connectivity index (χ0n) is 14.9. The average Bonchev–Trinajstić information content (AvgIpc) is 2.95. The number of carbonyl (C=O) groups excluding carboxylic acids is 1. The number of carbonyl (C=O) groups is 1. The van der Waals surface area contributed by atoms with Crippen LogP contribution in [0.5, 0.6) is 0 Å². The van der Waals surface area contributed by atoms with Crippen LogP contribution in [0.2, 0.25) is 5.02 Å². The van der Waals surface area contributed by atoms with Crippen LogP contribution in [0.4, 0.5) is 0 Å². The fraction of sp³-hybridized carbons (Fsp3) is 0.0800. The number of hydrogen-bond acceptors (Lipinski definition) is 1. The van der Waals surface area contributed by atoms with Crippen molar-refractivity contribution in [1.82, 2.24) is 0 Å². The second-order valence-corrected chi connectivity index (χ2v) is 7.53. The molecule has 2 aliphatic rings. The molecule has 27 heavy (non-hydrogen) atoms. The highest BCUT2D eigenvalue weighted by atomic mass is 35.5. The lowest BCUT2D eigenvalue weighted by Crippen LogP contribution is -2.38. The molecule has 1 atom stereocenters. The normalized spacial score (nSPS) is 20.1. The quantitative estimate of drug-likeness (QED) is 0.502. The third-order valence-corrected chi connectivity index (χ3v) is 5.99. The Morgan fingerprint density at radius 3 is 2.37 bits per heavy atom. The molecule has 1 nitrogen and oxygen atoms in total. The zero-order valence-corrected chi connectivity index (χ0v) is 15.6. The van der Waals surface area contributed by atoms with E-state index in [2.05, 4.69) is 31.2 Å². The standard InChI is InChI=1S/C25H17ClO/c1-16-20-13-12-19(26)15-22(20)25(24(16)18-8-3-2-4-9-18)21-10-6-5-7-17(21)11-14-23(25)27/h2-15H,1H3. The van der Waals surface area contributed by atoms with Gasteiger partial charge < -0.3 is 0 Å². The van der Waals surface area contributed by atoms with Crippen LogP contribution in [0.25, 0.3) is 17.2 Å². The fourth-order valence-electron chi connectivity index (χ4n) is 4.68. The van der Waals surface area contributed by atoms with Crippen LogP contribution in [-0.4, -0.2) is 5.78 Å². The zero-order chi connectivity index (χ0) is 18.6. The minimum atomic E-state index is -0.850. The van der Waals surface area contributed by atoms with Gasteiger partial charge in [-0.2, -0.15) is 0 Å². The topological polar surface area (TPSA) is 17.1 Å². The van der Waals surface area contributed by atoms with Crippen LogP contribution >= 0.6 is 11.6 Å². The predicted octanol–water partition coefficient (Wildman–Crippen LogP) is 6.17. The molecule has 0 bridgehead atoms. The number of fused-ring (bicyclic) bond motifs is 4. The van der Waals surface area contributed by atoms with Crippen molar-refractivity contribution in [2.45, 2.75) is 12.3 Å². The molecule has 3 aromatic carbocycles. The van der Waals surface area contributed by atoms with Gasteiger partial charge in [-0.3, -0.25) is 4.79 Å². The minimum absolute atomic E-state index is 0.0837. The summed E-state index contributed by atoms with van der Waals surface area (Å²) >= 11 is 6.39. The molecule has 0 heterocycles. The number of hydrogen-bond donors (Lipinski definition) is 0. The molecule has 0 fully saturated rings. The lowest BCUT2D eigenvalue weighted by atomic mass is 9.63. The maximum atomic E-state index is 13.6. The van der Waals surface area contributed by atoms with Crippen molar-refractivity contribution < 1.29 is 4.79 Å². The number of ketones is 1. The summed E-state index contributed by atoms with van der Waals surface area (Å²) in [4.78, 5) is 13.6. The highest BCUT2D eigenvalue weighted by Crippen LogP contribution is 2.57. The van der Waals surface area contributed by atoms with Crippen molar-refractivity contribution in [3.05, 3.63) is 112 Å². The third kappa shape index (κ3) is 2.09. The lowest BCUT2D eigenvalue weighted by molar-refractivity contribution is -0.116. The number of rotatable bonds is 1. The summed E-state index contributed by atoms with van der Waals surface area (Å²) in [6.45, 7) is 2.11. The molecular formula is C25H17ClO. The predicted molar refractivity (Wildman–Crippen MR) is 112 cm³/mol. The number of allylic oxidation sites excluding steroid dienone is 3. The first-order valence-corrected chi connectivity index (χ1v) is 9.41. The summed E-state index contributed by atoms with van der Waals surface area (Å²) < 4.78 is 0. The van der Waals surface area contributed by atoms with Crippen LogP contribution in [-0.2, 0) is 10.2 Å². The molecule has 0 aliphatic heterocycles. The van der Waals surface area contributed by atoms with Crippen molar-refractivity contribution in [2.75, 3.05) is 0 Å². The average molecular weight is 369 g/mol. The van der Waals surface area contributed by atoms with E-state index in [0.717, 1.165) is 39.0 Å². The van der Waals surface area contributed by atoms with Crippen LogP contribution in [0, 0.1) is 0 Å². The van der Waals surface area contributed by atoms with Gasteiger partial charge in [0, 0.05) is 5.02 Å². The molecule has 2 heteroatoms. The van der Waals surface area contributed by atoms with Gasteiger partial charge in [0.25, 0.3) is 0 Å². The van der Waals surface area contributed by atoms with Gasteiger partial charge in [0.05, 0.1) is 0 Å². The molecule has 130 valence electrons. The molecule has 2 aliphatic carbocycles. The Morgan fingerprint density at radius 2 is 1.56 bits per heavy atom. The van der Waals surface area contributed by atoms with Gasteiger partial charge in [-0.1, -0.05) is 78.3 Å². The van der Waals surface area contributed by atoms with Gasteiger partial charge in [0.2, 0.25) is 0 Å². The monoisotopic (exact) mass is 368 g/mol. The summed E-state index contributed by atoms with van der Waals surface area (Å²) in [5, 5.41) is 0.648. The minimum Gasteiger partial charge on any atom is -0.293 e. The Hall–Kier alpha value is -2.90. The molecule has 3 aromatic rings. The molecule has 0 aromatic heterocycles. The Kier molecular flexibility index (Phi) is 3.50. The molecule has 0 N–H and O–H groups in total. The van der Waals surface area contributed by atoms with Gasteiger partial charge in [-0.15, -0.1) is 0 Å². The summed E-state index contributed by atoms with van der Waals surface area (Å²) in [5.41, 5.74) is 6.58. The molecule has 0 saturated heterocycles. The van der Waals surface area contributed by atoms with Gasteiger partial charge in [0.1, 0.15) is 5.41 Å². The maximum absolute atomic E-state index is 13.6. The van der Waals surface area contributed by atoms with Gasteiger partial charge in [-0.05, 0) is 64.1 Å². The van der Waals surface area contributed by atoms with E-state index in [4.69, 9.17) is 11.6 Å². The SMILES string of the molecule is CC1=C(c2ccccc2)C2(C(=O)C=Cc3ccccc32)c2cc(Cl)ccc21. The van der Waals surface area contributed by atoms with Crippen LogP contribution in [0.15, 0.2) is 78.9 Å². The van der Waals surface area contributed by atoms with E-state index in [1.54, 1.807) is 6.08 Å². The van der Waals surface area contributed by atoms with Crippen molar-refractivity contribution in [1.29, 1.82) is 0 Å². The molecule has 0 radical (unpaired) electrons. The Morgan fingerprint density at radius 1 is 0.815 bits per heavy atom. The molecule has 1 spiro atoms. The van der Waals surface area contributed by atoms with E-state index in [0.29, 0.717) is 5.02 Å². The smallest absolute Gasteiger partial charge is 0.175 e. The van der Waals surface area contributed by atoms with E-state index < -0.39 is 5.41 Å². The van der Waals surface area contributed by atoms with Crippen molar-refractivity contribution in [3.63, 3.8) is 0 Å². The fourth-order valence-corrected chi connectivity index (χ4v) is 4.86.